The third-order valence-electron chi connectivity index (χ3n) is 5.55. The lowest BCUT2D eigenvalue weighted by Gasteiger charge is -2.24. The van der Waals surface area contributed by atoms with Crippen LogP contribution >= 0.6 is 11.6 Å². The minimum absolute atomic E-state index is 0.0102. The average Bonchev–Trinajstić information content (AvgIpc) is 3.46. The molecule has 1 amide bonds. The zero-order valence-corrected chi connectivity index (χ0v) is 18.5. The summed E-state index contributed by atoms with van der Waals surface area (Å²) in [4.78, 5) is 14.8. The van der Waals surface area contributed by atoms with Crippen molar-refractivity contribution in [3.63, 3.8) is 0 Å². The maximum Gasteiger partial charge on any atom is 0.254 e. The quantitative estimate of drug-likeness (QED) is 0.643. The van der Waals surface area contributed by atoms with Gasteiger partial charge in [0.25, 0.3) is 5.91 Å². The van der Waals surface area contributed by atoms with Gasteiger partial charge in [-0.1, -0.05) is 23.7 Å². The summed E-state index contributed by atoms with van der Waals surface area (Å²) in [7, 11) is -3.79. The molecule has 0 spiro atoms. The van der Waals surface area contributed by atoms with Gasteiger partial charge in [0, 0.05) is 35.3 Å². The lowest BCUT2D eigenvalue weighted by molar-refractivity contribution is 0.0728. The number of sulfonamides is 1. The van der Waals surface area contributed by atoms with Crippen molar-refractivity contribution in [2.75, 3.05) is 13.2 Å². The Morgan fingerprint density at radius 3 is 2.65 bits per heavy atom. The van der Waals surface area contributed by atoms with Crippen LogP contribution in [0.4, 0.5) is 4.39 Å². The Hall–Kier alpha value is -2.00. The minimum Gasteiger partial charge on any atom is -0.377 e. The van der Waals surface area contributed by atoms with E-state index in [9.17, 15) is 17.6 Å². The van der Waals surface area contributed by atoms with Crippen LogP contribution in [0.3, 0.4) is 0 Å². The molecule has 1 saturated carbocycles. The number of halogens is 2. The second-order valence-electron chi connectivity index (χ2n) is 7.88. The van der Waals surface area contributed by atoms with E-state index in [1.165, 1.54) is 30.3 Å². The molecule has 0 aromatic heterocycles. The van der Waals surface area contributed by atoms with E-state index in [0.717, 1.165) is 25.7 Å². The monoisotopic (exact) mass is 466 g/mol. The Morgan fingerprint density at radius 1 is 1.19 bits per heavy atom. The van der Waals surface area contributed by atoms with Crippen molar-refractivity contribution in [1.82, 2.24) is 9.62 Å². The van der Waals surface area contributed by atoms with E-state index in [2.05, 4.69) is 4.72 Å². The molecule has 2 aromatic carbocycles. The van der Waals surface area contributed by atoms with Gasteiger partial charge >= 0.3 is 0 Å². The average molecular weight is 467 g/mol. The predicted octanol–water partition coefficient (Wildman–Crippen LogP) is 3.74. The third kappa shape index (κ3) is 5.26. The Labute approximate surface area is 186 Å². The highest BCUT2D eigenvalue weighted by Gasteiger charge is 2.34. The molecule has 2 aromatic rings. The lowest BCUT2D eigenvalue weighted by atomic mass is 10.1. The summed E-state index contributed by atoms with van der Waals surface area (Å²) < 4.78 is 47.7. The second kappa shape index (κ2) is 9.24. The van der Waals surface area contributed by atoms with Gasteiger partial charge in [0.1, 0.15) is 5.82 Å². The van der Waals surface area contributed by atoms with Gasteiger partial charge in [0.15, 0.2) is 0 Å². The summed E-state index contributed by atoms with van der Waals surface area (Å²) in [5, 5.41) is 0.258. The molecule has 9 heteroatoms. The lowest BCUT2D eigenvalue weighted by Crippen LogP contribution is -2.34. The maximum absolute atomic E-state index is 14.3. The number of benzene rings is 2. The van der Waals surface area contributed by atoms with E-state index in [4.69, 9.17) is 16.3 Å². The first-order valence-electron chi connectivity index (χ1n) is 10.3. The summed E-state index contributed by atoms with van der Waals surface area (Å²) in [5.41, 5.74) is 0.491. The summed E-state index contributed by atoms with van der Waals surface area (Å²) in [6.45, 7) is 0.864. The standard InChI is InChI=1S/C22H24ClFN2O4S/c23-20-7-2-8-21(24)19(20)14-26(16-9-10-16)22(27)15-4-1-6-18(12-15)31(28,29)25-13-17-5-3-11-30-17/h1-2,4,6-8,12,16-17,25H,3,5,9-11,13-14H2/t17-/m1/s1. The molecule has 1 atom stereocenters. The highest BCUT2D eigenvalue weighted by molar-refractivity contribution is 7.89. The number of nitrogens with zero attached hydrogens (tertiary/aromatic N) is 1. The molecule has 1 saturated heterocycles. The fourth-order valence-electron chi connectivity index (χ4n) is 3.66. The molecule has 0 radical (unpaired) electrons. The van der Waals surface area contributed by atoms with Gasteiger partial charge in [-0.05, 0) is 56.0 Å². The number of ether oxygens (including phenoxy) is 1. The molecule has 4 rings (SSSR count). The van der Waals surface area contributed by atoms with Crippen LogP contribution < -0.4 is 4.72 Å². The molecule has 2 fully saturated rings. The highest BCUT2D eigenvalue weighted by Crippen LogP contribution is 2.32. The van der Waals surface area contributed by atoms with Gasteiger partial charge in [-0.3, -0.25) is 4.79 Å². The van der Waals surface area contributed by atoms with Crippen LogP contribution in [0.25, 0.3) is 0 Å². The van der Waals surface area contributed by atoms with Crippen LogP contribution in [0.2, 0.25) is 5.02 Å². The van der Waals surface area contributed by atoms with Gasteiger partial charge < -0.3 is 9.64 Å². The first-order chi connectivity index (χ1) is 14.8. The number of carbonyl (C=O) groups excluding carboxylic acids is 1. The first kappa shape index (κ1) is 22.2. The molecule has 31 heavy (non-hydrogen) atoms. The minimum atomic E-state index is -3.79. The molecule has 6 nitrogen and oxygen atoms in total. The summed E-state index contributed by atoms with van der Waals surface area (Å²) in [5.74, 6) is -0.821. The van der Waals surface area contributed by atoms with Gasteiger partial charge in [-0.15, -0.1) is 0 Å². The number of nitrogens with one attached hydrogen (secondary N) is 1. The Kier molecular flexibility index (Phi) is 6.62. The molecule has 2 aliphatic rings. The van der Waals surface area contributed by atoms with E-state index in [1.54, 1.807) is 17.0 Å². The molecule has 166 valence electrons. The van der Waals surface area contributed by atoms with Crippen molar-refractivity contribution in [3.8, 4) is 0 Å². The van der Waals surface area contributed by atoms with E-state index in [-0.39, 0.29) is 52.2 Å². The van der Waals surface area contributed by atoms with E-state index >= 15 is 0 Å². The smallest absolute Gasteiger partial charge is 0.254 e. The van der Waals surface area contributed by atoms with Crippen molar-refractivity contribution in [3.05, 3.63) is 64.4 Å². The SMILES string of the molecule is O=C(c1cccc(S(=O)(=O)NC[C@H]2CCCO2)c1)N(Cc1c(F)cccc1Cl)C1CC1. The van der Waals surface area contributed by atoms with E-state index in [1.807, 2.05) is 0 Å². The number of amides is 1. The van der Waals surface area contributed by atoms with Crippen LogP contribution in [-0.4, -0.2) is 44.5 Å². The predicted molar refractivity (Wildman–Crippen MR) is 115 cm³/mol. The topological polar surface area (TPSA) is 75.7 Å². The fraction of sp³-hybridized carbons (Fsp3) is 0.409. The summed E-state index contributed by atoms with van der Waals surface area (Å²) in [6, 6.07) is 10.3. The molecule has 1 aliphatic carbocycles. The maximum atomic E-state index is 14.3. The second-order valence-corrected chi connectivity index (χ2v) is 10.1. The molecule has 0 bridgehead atoms. The largest absolute Gasteiger partial charge is 0.377 e. The van der Waals surface area contributed by atoms with E-state index < -0.39 is 15.8 Å². The molecular formula is C22H24ClFN2O4S. The molecule has 1 aliphatic heterocycles. The zero-order valence-electron chi connectivity index (χ0n) is 16.9. The molecule has 1 N–H and O–H groups in total. The molecule has 1 heterocycles. The first-order valence-corrected chi connectivity index (χ1v) is 12.2. The zero-order chi connectivity index (χ0) is 22.0. The number of carbonyl (C=O) groups is 1. The van der Waals surface area contributed by atoms with Crippen LogP contribution in [0, 0.1) is 5.82 Å². The van der Waals surface area contributed by atoms with Gasteiger partial charge in [-0.2, -0.15) is 0 Å². The van der Waals surface area contributed by atoms with Gasteiger partial charge in [0.05, 0.1) is 17.5 Å². The van der Waals surface area contributed by atoms with Crippen LogP contribution in [0.15, 0.2) is 47.4 Å². The highest BCUT2D eigenvalue weighted by atomic mass is 35.5. The number of rotatable bonds is 8. The Bertz CT molecular complexity index is 1050. The van der Waals surface area contributed by atoms with Crippen LogP contribution in [0.1, 0.15) is 41.6 Å². The summed E-state index contributed by atoms with van der Waals surface area (Å²) >= 11 is 6.15. The van der Waals surface area contributed by atoms with Crippen molar-refractivity contribution < 1.29 is 22.3 Å². The molecular weight excluding hydrogens is 443 g/mol. The Morgan fingerprint density at radius 2 is 1.97 bits per heavy atom. The number of hydrogen-bond acceptors (Lipinski definition) is 4. The summed E-state index contributed by atoms with van der Waals surface area (Å²) in [6.07, 6.45) is 3.24. The Balaban J connectivity index is 1.53. The van der Waals surface area contributed by atoms with Crippen molar-refractivity contribution in [1.29, 1.82) is 0 Å². The van der Waals surface area contributed by atoms with Crippen molar-refractivity contribution >= 4 is 27.5 Å². The third-order valence-corrected chi connectivity index (χ3v) is 7.33. The van der Waals surface area contributed by atoms with E-state index in [0.29, 0.717) is 6.61 Å². The van der Waals surface area contributed by atoms with Crippen LogP contribution in [-0.2, 0) is 21.3 Å². The van der Waals surface area contributed by atoms with Gasteiger partial charge in [0.2, 0.25) is 10.0 Å². The van der Waals surface area contributed by atoms with Gasteiger partial charge in [-0.25, -0.2) is 17.5 Å². The normalized spacial score (nSPS) is 18.8. The number of hydrogen-bond donors (Lipinski definition) is 1. The van der Waals surface area contributed by atoms with Crippen molar-refractivity contribution in [2.45, 2.75) is 49.3 Å². The molecule has 0 unspecified atom stereocenters. The van der Waals surface area contributed by atoms with Crippen molar-refractivity contribution in [2.24, 2.45) is 0 Å². The fourth-order valence-corrected chi connectivity index (χ4v) is 4.99. The van der Waals surface area contributed by atoms with Crippen LogP contribution in [0.5, 0.6) is 0 Å².